The summed E-state index contributed by atoms with van der Waals surface area (Å²) in [7, 11) is 0. The molecular weight excluding hydrogens is 543 g/mol. The van der Waals surface area contributed by atoms with Crippen LogP contribution in [0.2, 0.25) is 10.0 Å². The maximum atomic E-state index is 13.7. The number of hydrogen-bond donors (Lipinski definition) is 2. The molecule has 206 valence electrons. The highest BCUT2D eigenvalue weighted by Crippen LogP contribution is 2.35. The first kappa shape index (κ1) is 28.5. The van der Waals surface area contributed by atoms with Crippen molar-refractivity contribution >= 4 is 35.1 Å². The number of aryl methyl sites for hydroxylation is 1. The van der Waals surface area contributed by atoms with Crippen molar-refractivity contribution in [2.45, 2.75) is 58.0 Å². The van der Waals surface area contributed by atoms with Crippen LogP contribution in [0.4, 0.5) is 0 Å². The van der Waals surface area contributed by atoms with Gasteiger partial charge in [0.2, 0.25) is 12.7 Å². The summed E-state index contributed by atoms with van der Waals surface area (Å²) < 4.78 is 12.2. The van der Waals surface area contributed by atoms with Crippen molar-refractivity contribution in [1.82, 2.24) is 9.88 Å². The molecule has 0 aliphatic carbocycles. The average Bonchev–Trinajstić information content (AvgIpc) is 3.36. The summed E-state index contributed by atoms with van der Waals surface area (Å²) in [5.74, 6) is -0.480. The number of aliphatic carboxylic acids is 1. The predicted octanol–water partition coefficient (Wildman–Crippen LogP) is 5.85. The number of pyridine rings is 1. The fourth-order valence-electron chi connectivity index (χ4n) is 4.69. The Morgan fingerprint density at radius 3 is 2.51 bits per heavy atom. The van der Waals surface area contributed by atoms with Crippen LogP contribution < -0.4 is 20.3 Å². The Labute approximate surface area is 236 Å². The van der Waals surface area contributed by atoms with Crippen LogP contribution >= 0.6 is 23.2 Å². The largest absolute Gasteiger partial charge is 0.481 e. The maximum Gasteiger partial charge on any atom is 0.305 e. The van der Waals surface area contributed by atoms with Crippen molar-refractivity contribution in [3.8, 4) is 11.5 Å². The monoisotopic (exact) mass is 572 g/mol. The van der Waals surface area contributed by atoms with E-state index in [2.05, 4.69) is 5.32 Å². The third kappa shape index (κ3) is 6.75. The van der Waals surface area contributed by atoms with E-state index in [1.165, 1.54) is 4.57 Å². The third-order valence-corrected chi connectivity index (χ3v) is 7.35. The smallest absolute Gasteiger partial charge is 0.305 e. The number of benzene rings is 2. The second-order valence-corrected chi connectivity index (χ2v) is 10.4. The van der Waals surface area contributed by atoms with E-state index >= 15 is 0 Å². The summed E-state index contributed by atoms with van der Waals surface area (Å²) in [5.41, 5.74) is 2.12. The average molecular weight is 573 g/mol. The zero-order valence-electron chi connectivity index (χ0n) is 21.7. The third-order valence-electron chi connectivity index (χ3n) is 6.65. The highest BCUT2D eigenvalue weighted by Gasteiger charge is 2.28. The lowest BCUT2D eigenvalue weighted by Crippen LogP contribution is -2.40. The van der Waals surface area contributed by atoms with E-state index < -0.39 is 24.0 Å². The van der Waals surface area contributed by atoms with Crippen LogP contribution in [0.5, 0.6) is 11.5 Å². The highest BCUT2D eigenvalue weighted by atomic mass is 35.5. The zero-order valence-corrected chi connectivity index (χ0v) is 23.2. The van der Waals surface area contributed by atoms with E-state index in [1.54, 1.807) is 48.7 Å². The minimum absolute atomic E-state index is 0.0752. The molecule has 39 heavy (non-hydrogen) atoms. The van der Waals surface area contributed by atoms with E-state index in [1.807, 2.05) is 13.8 Å². The summed E-state index contributed by atoms with van der Waals surface area (Å²) in [6.07, 6.45) is 3.43. The van der Waals surface area contributed by atoms with E-state index in [0.717, 1.165) is 12.0 Å². The maximum absolute atomic E-state index is 13.7. The molecule has 1 aromatic heterocycles. The Balaban J connectivity index is 1.68. The molecule has 0 unspecified atom stereocenters. The molecule has 2 N–H and O–H groups in total. The van der Waals surface area contributed by atoms with Gasteiger partial charge in [-0.3, -0.25) is 14.4 Å². The number of fused-ring (bicyclic) bond motifs is 1. The molecular formula is C29H30Cl2N2O6. The number of nitrogens with zero attached hydrogens (tertiary/aromatic N) is 1. The van der Waals surface area contributed by atoms with E-state index in [0.29, 0.717) is 51.1 Å². The normalized spacial score (nSPS) is 13.6. The minimum atomic E-state index is -1.07. The molecule has 2 atom stereocenters. The fourth-order valence-corrected chi connectivity index (χ4v) is 5.22. The first-order chi connectivity index (χ1) is 18.7. The molecule has 1 amide bonds. The predicted molar refractivity (Wildman–Crippen MR) is 149 cm³/mol. The van der Waals surface area contributed by atoms with Crippen LogP contribution in [0, 0.1) is 6.92 Å². The molecule has 0 spiro atoms. The number of carbonyl (C=O) groups is 2. The summed E-state index contributed by atoms with van der Waals surface area (Å²) in [5, 5.41) is 13.4. The van der Waals surface area contributed by atoms with Crippen molar-refractivity contribution in [1.29, 1.82) is 0 Å². The van der Waals surface area contributed by atoms with Crippen molar-refractivity contribution < 1.29 is 24.2 Å². The molecule has 0 bridgehead atoms. The van der Waals surface area contributed by atoms with Crippen molar-refractivity contribution in [2.24, 2.45) is 0 Å². The number of amides is 1. The minimum Gasteiger partial charge on any atom is -0.481 e. The SMILES string of the molecule is CCCC[C@H](C(=O)N[C@@H](CC(=O)O)c1ccc2c(c1)OCO2)n1cc(C)cc(Cc2c(Cl)cccc2Cl)c1=O. The van der Waals surface area contributed by atoms with Gasteiger partial charge in [-0.2, -0.15) is 0 Å². The molecule has 1 aliphatic rings. The molecule has 0 saturated heterocycles. The van der Waals surface area contributed by atoms with Gasteiger partial charge in [-0.05, 0) is 60.4 Å². The molecule has 3 aromatic rings. The number of ether oxygens (including phenoxy) is 2. The summed E-state index contributed by atoms with van der Waals surface area (Å²) in [4.78, 5) is 39.1. The van der Waals surface area contributed by atoms with Gasteiger partial charge < -0.3 is 24.5 Å². The number of rotatable bonds is 11. The summed E-state index contributed by atoms with van der Waals surface area (Å²) >= 11 is 12.7. The molecule has 2 aromatic carbocycles. The Morgan fingerprint density at radius 1 is 1.10 bits per heavy atom. The van der Waals surface area contributed by atoms with Crippen LogP contribution in [-0.2, 0) is 16.0 Å². The number of halogens is 2. The van der Waals surface area contributed by atoms with Gasteiger partial charge in [0.1, 0.15) is 6.04 Å². The molecule has 10 heteroatoms. The number of aromatic nitrogens is 1. The lowest BCUT2D eigenvalue weighted by molar-refractivity contribution is -0.138. The van der Waals surface area contributed by atoms with Crippen LogP contribution in [0.15, 0.2) is 53.5 Å². The van der Waals surface area contributed by atoms with Gasteiger partial charge in [-0.15, -0.1) is 0 Å². The second-order valence-electron chi connectivity index (χ2n) is 9.56. The fraction of sp³-hybridized carbons (Fsp3) is 0.345. The number of unbranched alkanes of at least 4 members (excludes halogenated alkanes) is 1. The Hall–Kier alpha value is -3.49. The van der Waals surface area contributed by atoms with Gasteiger partial charge in [0.05, 0.1) is 12.5 Å². The van der Waals surface area contributed by atoms with Gasteiger partial charge in [-0.25, -0.2) is 0 Å². The van der Waals surface area contributed by atoms with Crippen LogP contribution in [0.3, 0.4) is 0 Å². The number of carboxylic acids is 1. The quantitative estimate of drug-likeness (QED) is 0.298. The zero-order chi connectivity index (χ0) is 28.1. The Morgan fingerprint density at radius 2 is 1.82 bits per heavy atom. The van der Waals surface area contributed by atoms with Crippen molar-refractivity contribution in [2.75, 3.05) is 6.79 Å². The number of carbonyl (C=O) groups excluding carboxylic acids is 1. The molecule has 0 radical (unpaired) electrons. The number of carboxylic acid groups (broad SMARTS) is 1. The molecule has 1 aliphatic heterocycles. The molecule has 4 rings (SSSR count). The van der Waals surface area contributed by atoms with Gasteiger partial charge in [0, 0.05) is 28.2 Å². The van der Waals surface area contributed by atoms with E-state index in [4.69, 9.17) is 32.7 Å². The number of nitrogens with one attached hydrogen (secondary N) is 1. The molecule has 8 nitrogen and oxygen atoms in total. The van der Waals surface area contributed by atoms with Gasteiger partial charge in [0.25, 0.3) is 5.56 Å². The van der Waals surface area contributed by atoms with Crippen LogP contribution in [0.1, 0.15) is 66.9 Å². The van der Waals surface area contributed by atoms with Gasteiger partial charge in [0.15, 0.2) is 11.5 Å². The van der Waals surface area contributed by atoms with E-state index in [-0.39, 0.29) is 25.2 Å². The molecule has 0 fully saturated rings. The lowest BCUT2D eigenvalue weighted by Gasteiger charge is -2.25. The standard InChI is InChI=1S/C29H30Cl2N2O6/c1-3-4-8-24(28(36)32-23(14-27(34)35)18-9-10-25-26(13-18)39-16-38-25)33-15-17(2)11-19(29(33)37)12-20-21(30)6-5-7-22(20)31/h5-7,9-11,13,15,23-24H,3-4,8,12,14,16H2,1-2H3,(H,32,36)(H,34,35)/t23-,24+/m0/s1. The van der Waals surface area contributed by atoms with Gasteiger partial charge in [-0.1, -0.05) is 55.1 Å². The molecule has 0 saturated carbocycles. The Kier molecular flexibility index (Phi) is 9.20. The van der Waals surface area contributed by atoms with Crippen molar-refractivity contribution in [3.05, 3.63) is 91.3 Å². The second kappa shape index (κ2) is 12.6. The highest BCUT2D eigenvalue weighted by molar-refractivity contribution is 6.36. The summed E-state index contributed by atoms with van der Waals surface area (Å²) in [6.45, 7) is 3.92. The Bertz CT molecular complexity index is 1420. The van der Waals surface area contributed by atoms with E-state index in [9.17, 15) is 19.5 Å². The van der Waals surface area contributed by atoms with Crippen LogP contribution in [-0.4, -0.2) is 28.3 Å². The van der Waals surface area contributed by atoms with Crippen molar-refractivity contribution in [3.63, 3.8) is 0 Å². The first-order valence-corrected chi connectivity index (χ1v) is 13.5. The first-order valence-electron chi connectivity index (χ1n) is 12.7. The van der Waals surface area contributed by atoms with Crippen LogP contribution in [0.25, 0.3) is 0 Å². The number of hydrogen-bond acceptors (Lipinski definition) is 5. The molecule has 2 heterocycles. The lowest BCUT2D eigenvalue weighted by atomic mass is 10.0. The topological polar surface area (TPSA) is 107 Å². The van der Waals surface area contributed by atoms with Gasteiger partial charge >= 0.3 is 5.97 Å². The summed E-state index contributed by atoms with van der Waals surface area (Å²) in [6, 6.07) is 10.3.